The predicted octanol–water partition coefficient (Wildman–Crippen LogP) is 11.0. The van der Waals surface area contributed by atoms with Crippen molar-refractivity contribution >= 4 is 19.8 Å². The Balaban J connectivity index is 4.40. The van der Waals surface area contributed by atoms with Crippen LogP contribution in [0.3, 0.4) is 0 Å². The van der Waals surface area contributed by atoms with Crippen LogP contribution in [0.25, 0.3) is 0 Å². The van der Waals surface area contributed by atoms with Crippen molar-refractivity contribution in [2.24, 2.45) is 0 Å². The summed E-state index contributed by atoms with van der Waals surface area (Å²) in [7, 11) is 1.48. The van der Waals surface area contributed by atoms with Crippen molar-refractivity contribution in [1.29, 1.82) is 0 Å². The fourth-order valence-corrected chi connectivity index (χ4v) is 6.28. The maximum atomic E-state index is 12.6. The van der Waals surface area contributed by atoms with E-state index in [0.717, 1.165) is 51.4 Å². The molecule has 0 heterocycles. The average molecular weight is 733 g/mol. The minimum absolute atomic E-state index is 0.0329. The van der Waals surface area contributed by atoms with Gasteiger partial charge in [-0.25, -0.2) is 4.57 Å². The third-order valence-electron chi connectivity index (χ3n) is 8.80. The van der Waals surface area contributed by atoms with Gasteiger partial charge in [-0.2, -0.15) is 0 Å². The molecule has 0 aliphatic carbocycles. The quantitative estimate of drug-likeness (QED) is 0.0221. The lowest BCUT2D eigenvalue weighted by Gasteiger charge is -2.24. The number of unbranched alkanes of at least 4 members (excludes halogenated alkanes) is 21. The summed E-state index contributed by atoms with van der Waals surface area (Å²) in [5.74, 6) is -0.804. The Morgan fingerprint density at radius 1 is 0.600 bits per heavy atom. The highest BCUT2D eigenvalue weighted by Crippen LogP contribution is 2.43. The molecule has 0 aromatic carbocycles. The minimum Gasteiger partial charge on any atom is -0.462 e. The first-order valence-electron chi connectivity index (χ1n) is 20.4. The number of carbonyl (C=O) groups excluding carboxylic acids is 2. The minimum atomic E-state index is -4.36. The van der Waals surface area contributed by atoms with Crippen molar-refractivity contribution < 1.29 is 42.1 Å². The molecule has 0 rings (SSSR count). The van der Waals surface area contributed by atoms with E-state index in [1.165, 1.54) is 96.3 Å². The van der Waals surface area contributed by atoms with Gasteiger partial charge in [-0.15, -0.1) is 0 Å². The van der Waals surface area contributed by atoms with Crippen LogP contribution >= 0.6 is 7.82 Å². The van der Waals surface area contributed by atoms with Crippen molar-refractivity contribution in [2.45, 2.75) is 187 Å². The van der Waals surface area contributed by atoms with Crippen molar-refractivity contribution in [3.63, 3.8) is 0 Å². The summed E-state index contributed by atoms with van der Waals surface area (Å²) in [5.41, 5.74) is 0. The lowest BCUT2D eigenvalue weighted by molar-refractivity contribution is -0.870. The maximum Gasteiger partial charge on any atom is 0.472 e. The summed E-state index contributed by atoms with van der Waals surface area (Å²) in [5, 5.41) is 0. The Hall–Kier alpha value is -1.25. The smallest absolute Gasteiger partial charge is 0.462 e. The van der Waals surface area contributed by atoms with E-state index in [0.29, 0.717) is 23.9 Å². The van der Waals surface area contributed by atoms with E-state index in [9.17, 15) is 19.0 Å². The van der Waals surface area contributed by atoms with Crippen LogP contribution in [0, 0.1) is 0 Å². The van der Waals surface area contributed by atoms with Gasteiger partial charge in [0.05, 0.1) is 27.7 Å². The largest absolute Gasteiger partial charge is 0.472 e. The lowest BCUT2D eigenvalue weighted by Crippen LogP contribution is -2.37. The van der Waals surface area contributed by atoms with E-state index in [4.69, 9.17) is 18.5 Å². The van der Waals surface area contributed by atoms with Gasteiger partial charge < -0.3 is 18.9 Å². The van der Waals surface area contributed by atoms with Gasteiger partial charge in [-0.1, -0.05) is 142 Å². The van der Waals surface area contributed by atoms with Crippen molar-refractivity contribution in [3.8, 4) is 0 Å². The number of carbonyl (C=O) groups is 2. The second-order valence-corrected chi connectivity index (χ2v) is 16.5. The van der Waals surface area contributed by atoms with Crippen LogP contribution in [0.1, 0.15) is 181 Å². The topological polar surface area (TPSA) is 108 Å². The van der Waals surface area contributed by atoms with Crippen molar-refractivity contribution in [1.82, 2.24) is 0 Å². The molecular formula is C40H79NO8P+. The van der Waals surface area contributed by atoms with E-state index in [1.54, 1.807) is 0 Å². The van der Waals surface area contributed by atoms with Gasteiger partial charge in [0.15, 0.2) is 6.10 Å². The molecule has 0 saturated heterocycles. The Morgan fingerprint density at radius 3 is 1.48 bits per heavy atom. The molecule has 0 amide bonds. The van der Waals surface area contributed by atoms with E-state index in [-0.39, 0.29) is 25.6 Å². The van der Waals surface area contributed by atoms with Crippen LogP contribution in [0.15, 0.2) is 12.2 Å². The summed E-state index contributed by atoms with van der Waals surface area (Å²) in [6, 6.07) is 0. The van der Waals surface area contributed by atoms with Gasteiger partial charge in [0.1, 0.15) is 19.8 Å². The number of phosphoric ester groups is 1. The van der Waals surface area contributed by atoms with Crippen LogP contribution in [0.2, 0.25) is 0 Å². The molecule has 296 valence electrons. The molecule has 9 nitrogen and oxygen atoms in total. The fraction of sp³-hybridized carbons (Fsp3) is 0.900. The first kappa shape index (κ1) is 48.8. The number of allylic oxidation sites excluding steroid dienone is 2. The highest BCUT2D eigenvalue weighted by Gasteiger charge is 2.27. The summed E-state index contributed by atoms with van der Waals surface area (Å²) in [4.78, 5) is 35.2. The maximum absolute atomic E-state index is 12.6. The standard InChI is InChI=1S/C40H78NO8P/c1-6-8-10-12-14-16-18-19-20-21-23-25-27-29-31-33-40(43)49-38(37-48-50(44,45)47-35-34-41(3,4)5)36-46-39(42)32-30-28-26-24-22-17-15-13-11-9-7-2/h19-20,38H,6-18,21-37H2,1-5H3/p+1/b20-19-/t38-/m1/s1. The van der Waals surface area contributed by atoms with E-state index in [1.807, 2.05) is 21.1 Å². The van der Waals surface area contributed by atoms with Gasteiger partial charge in [-0.05, 0) is 38.5 Å². The van der Waals surface area contributed by atoms with Crippen molar-refractivity contribution in [2.75, 3.05) is 47.5 Å². The zero-order chi connectivity index (χ0) is 37.2. The van der Waals surface area contributed by atoms with Crippen molar-refractivity contribution in [3.05, 3.63) is 12.2 Å². The third kappa shape index (κ3) is 36.5. The van der Waals surface area contributed by atoms with Crippen LogP contribution in [0.5, 0.6) is 0 Å². The number of quaternary nitrogens is 1. The number of rotatable bonds is 37. The van der Waals surface area contributed by atoms with Gasteiger partial charge >= 0.3 is 19.8 Å². The molecule has 2 atom stereocenters. The SMILES string of the molecule is CCCCCCCC/C=C\CCCCCCCC(=O)O[C@H](COC(=O)CCCCCCCCCCCCC)COP(=O)(O)OCC[N+](C)(C)C. The molecule has 1 N–H and O–H groups in total. The molecule has 0 aromatic rings. The van der Waals surface area contributed by atoms with Gasteiger partial charge in [0.25, 0.3) is 0 Å². The molecule has 0 aliphatic heterocycles. The molecule has 1 unspecified atom stereocenters. The van der Waals surface area contributed by atoms with Crippen LogP contribution in [-0.2, 0) is 32.7 Å². The summed E-state index contributed by atoms with van der Waals surface area (Å²) >= 11 is 0. The van der Waals surface area contributed by atoms with Gasteiger partial charge in [0, 0.05) is 12.8 Å². The first-order chi connectivity index (χ1) is 24.0. The summed E-state index contributed by atoms with van der Waals surface area (Å²) < 4.78 is 34.2. The highest BCUT2D eigenvalue weighted by molar-refractivity contribution is 7.47. The van der Waals surface area contributed by atoms with E-state index < -0.39 is 26.5 Å². The van der Waals surface area contributed by atoms with Gasteiger partial charge in [-0.3, -0.25) is 18.6 Å². The molecular weight excluding hydrogens is 653 g/mol. The van der Waals surface area contributed by atoms with Gasteiger partial charge in [0.2, 0.25) is 0 Å². The number of esters is 2. The molecule has 0 fully saturated rings. The molecule has 0 aromatic heterocycles. The Kier molecular flexibility index (Phi) is 32.7. The number of likely N-dealkylation sites (N-methyl/N-ethyl adjacent to an activating group) is 1. The third-order valence-corrected chi connectivity index (χ3v) is 9.78. The Morgan fingerprint density at radius 2 is 1.02 bits per heavy atom. The summed E-state index contributed by atoms with van der Waals surface area (Å²) in [6.07, 6.45) is 32.5. The van der Waals surface area contributed by atoms with Crippen LogP contribution in [-0.4, -0.2) is 74.9 Å². The number of hydrogen-bond acceptors (Lipinski definition) is 7. The zero-order valence-electron chi connectivity index (χ0n) is 33.1. The number of nitrogens with zero attached hydrogens (tertiary/aromatic N) is 1. The normalized spacial score (nSPS) is 13.8. The predicted molar refractivity (Wildman–Crippen MR) is 206 cm³/mol. The number of hydrogen-bond donors (Lipinski definition) is 1. The van der Waals surface area contributed by atoms with E-state index >= 15 is 0 Å². The monoisotopic (exact) mass is 733 g/mol. The molecule has 50 heavy (non-hydrogen) atoms. The molecule has 0 saturated carbocycles. The van der Waals surface area contributed by atoms with E-state index in [2.05, 4.69) is 26.0 Å². The summed E-state index contributed by atoms with van der Waals surface area (Å²) in [6.45, 7) is 4.40. The second-order valence-electron chi connectivity index (χ2n) is 15.0. The lowest BCUT2D eigenvalue weighted by atomic mass is 10.1. The van der Waals surface area contributed by atoms with Crippen LogP contribution in [0.4, 0.5) is 0 Å². The Labute approximate surface area is 307 Å². The highest BCUT2D eigenvalue weighted by atomic mass is 31.2. The number of phosphoric acid groups is 1. The van der Waals surface area contributed by atoms with Crippen LogP contribution < -0.4 is 0 Å². The second kappa shape index (κ2) is 33.6. The molecule has 0 bridgehead atoms. The molecule has 0 radical (unpaired) electrons. The number of ether oxygens (including phenoxy) is 2. The first-order valence-corrected chi connectivity index (χ1v) is 21.9. The molecule has 0 spiro atoms. The molecule has 10 heteroatoms. The molecule has 0 aliphatic rings. The Bertz CT molecular complexity index is 876. The zero-order valence-corrected chi connectivity index (χ0v) is 34.0. The fourth-order valence-electron chi connectivity index (χ4n) is 5.54. The average Bonchev–Trinajstić information content (AvgIpc) is 3.06.